The highest BCUT2D eigenvalue weighted by molar-refractivity contribution is 7.55. The molecular formula is C24H31P. The normalized spacial score (nSPS) is 19.8. The molecule has 4 rings (SSSR count). The van der Waals surface area contributed by atoms with Gasteiger partial charge >= 0.3 is 0 Å². The Kier molecular flexibility index (Phi) is 5.88. The molecule has 2 aromatic carbocycles. The summed E-state index contributed by atoms with van der Waals surface area (Å²) in [7, 11) is 0.788. The van der Waals surface area contributed by atoms with Crippen LogP contribution in [0.5, 0.6) is 0 Å². The quantitative estimate of drug-likeness (QED) is 0.559. The summed E-state index contributed by atoms with van der Waals surface area (Å²) >= 11 is 0. The predicted octanol–water partition coefficient (Wildman–Crippen LogP) is 6.41. The van der Waals surface area contributed by atoms with Crippen molar-refractivity contribution in [3.8, 4) is 0 Å². The second kappa shape index (κ2) is 8.50. The van der Waals surface area contributed by atoms with E-state index in [1.54, 1.807) is 11.1 Å². The van der Waals surface area contributed by atoms with Gasteiger partial charge in [-0.2, -0.15) is 0 Å². The molecule has 132 valence electrons. The maximum absolute atomic E-state index is 2.40. The van der Waals surface area contributed by atoms with E-state index in [1.165, 1.54) is 74.8 Å². The molecule has 0 amide bonds. The van der Waals surface area contributed by atoms with Crippen LogP contribution in [0, 0.1) is 0 Å². The molecule has 0 unspecified atom stereocenters. The molecule has 2 aliphatic carbocycles. The number of rotatable bonds is 4. The zero-order valence-corrected chi connectivity index (χ0v) is 16.3. The van der Waals surface area contributed by atoms with Crippen molar-refractivity contribution in [2.75, 3.05) is 0 Å². The minimum Gasteiger partial charge on any atom is -0.0591 e. The fourth-order valence-corrected chi connectivity index (χ4v) is 5.72. The Hall–Kier alpha value is -1.13. The maximum atomic E-state index is 2.40. The smallest absolute Gasteiger partial charge is 0.0162 e. The SMILES string of the molecule is c1cc(C2CCCCC2)ccc1Pc1ccc(C2CCCCC2)cc1. The van der Waals surface area contributed by atoms with E-state index in [0.717, 1.165) is 20.4 Å². The second-order valence-electron chi connectivity index (χ2n) is 8.04. The standard InChI is InChI=1S/C24H31P/c1-3-7-19(8-4-1)21-11-15-23(16-12-21)25-24-17-13-22(14-18-24)20-9-5-2-6-10-20/h11-20,25H,1-10H2. The van der Waals surface area contributed by atoms with Crippen LogP contribution in [0.3, 0.4) is 0 Å². The summed E-state index contributed by atoms with van der Waals surface area (Å²) in [6, 6.07) is 19.1. The molecule has 1 heteroatoms. The predicted molar refractivity (Wildman–Crippen MR) is 112 cm³/mol. The van der Waals surface area contributed by atoms with Crippen LogP contribution in [0.2, 0.25) is 0 Å². The van der Waals surface area contributed by atoms with Gasteiger partial charge in [0.1, 0.15) is 0 Å². The van der Waals surface area contributed by atoms with Gasteiger partial charge in [-0.25, -0.2) is 0 Å². The number of benzene rings is 2. The lowest BCUT2D eigenvalue weighted by Gasteiger charge is -2.22. The van der Waals surface area contributed by atoms with Crippen LogP contribution in [0.4, 0.5) is 0 Å². The molecule has 0 atom stereocenters. The Labute approximate surface area is 155 Å². The number of hydrogen-bond donors (Lipinski definition) is 0. The summed E-state index contributed by atoms with van der Waals surface area (Å²) in [5, 5.41) is 2.95. The fourth-order valence-electron chi connectivity index (χ4n) is 4.72. The Bertz CT molecular complexity index is 584. The van der Waals surface area contributed by atoms with E-state index in [0.29, 0.717) is 0 Å². The van der Waals surface area contributed by atoms with Crippen molar-refractivity contribution in [2.45, 2.75) is 76.0 Å². The van der Waals surface area contributed by atoms with Crippen LogP contribution in [0.1, 0.15) is 87.2 Å². The molecule has 0 N–H and O–H groups in total. The van der Waals surface area contributed by atoms with Gasteiger partial charge in [-0.3, -0.25) is 0 Å². The van der Waals surface area contributed by atoms with Gasteiger partial charge in [0.2, 0.25) is 0 Å². The molecule has 0 radical (unpaired) electrons. The minimum absolute atomic E-state index is 0.788. The highest BCUT2D eigenvalue weighted by Crippen LogP contribution is 2.33. The third-order valence-corrected chi connectivity index (χ3v) is 7.51. The molecule has 0 aliphatic heterocycles. The summed E-state index contributed by atoms with van der Waals surface area (Å²) in [6.45, 7) is 0. The summed E-state index contributed by atoms with van der Waals surface area (Å²) in [6.07, 6.45) is 14.1. The fraction of sp³-hybridized carbons (Fsp3) is 0.500. The first-order chi connectivity index (χ1) is 12.4. The zero-order valence-electron chi connectivity index (χ0n) is 15.3. The Morgan fingerprint density at radius 2 is 0.840 bits per heavy atom. The average molecular weight is 350 g/mol. The molecule has 2 saturated carbocycles. The summed E-state index contributed by atoms with van der Waals surface area (Å²) in [5.41, 5.74) is 3.14. The van der Waals surface area contributed by atoms with E-state index in [9.17, 15) is 0 Å². The molecule has 0 heterocycles. The Morgan fingerprint density at radius 3 is 1.20 bits per heavy atom. The van der Waals surface area contributed by atoms with Gasteiger partial charge in [0.15, 0.2) is 0 Å². The average Bonchev–Trinajstić information content (AvgIpc) is 2.71. The van der Waals surface area contributed by atoms with Gasteiger partial charge in [0.25, 0.3) is 0 Å². The molecular weight excluding hydrogens is 319 g/mol. The Balaban J connectivity index is 1.38. The first kappa shape index (κ1) is 17.3. The van der Waals surface area contributed by atoms with Crippen molar-refractivity contribution in [2.24, 2.45) is 0 Å². The topological polar surface area (TPSA) is 0 Å². The molecule has 0 spiro atoms. The van der Waals surface area contributed by atoms with Gasteiger partial charge in [-0.15, -0.1) is 0 Å². The molecule has 2 aromatic rings. The molecule has 0 saturated heterocycles. The largest absolute Gasteiger partial charge is 0.0591 e. The van der Waals surface area contributed by atoms with Gasteiger partial charge < -0.3 is 0 Å². The van der Waals surface area contributed by atoms with Crippen LogP contribution in [-0.2, 0) is 0 Å². The third kappa shape index (κ3) is 4.53. The second-order valence-corrected chi connectivity index (χ2v) is 9.44. The maximum Gasteiger partial charge on any atom is -0.0162 e. The van der Waals surface area contributed by atoms with E-state index >= 15 is 0 Å². The molecule has 2 aliphatic rings. The van der Waals surface area contributed by atoms with Crippen LogP contribution in [0.25, 0.3) is 0 Å². The third-order valence-electron chi connectivity index (χ3n) is 6.26. The van der Waals surface area contributed by atoms with E-state index in [1.807, 2.05) is 0 Å². The summed E-state index contributed by atoms with van der Waals surface area (Å²) < 4.78 is 0. The van der Waals surface area contributed by atoms with Crippen molar-refractivity contribution >= 4 is 19.2 Å². The Morgan fingerprint density at radius 1 is 0.480 bits per heavy atom. The van der Waals surface area contributed by atoms with Crippen LogP contribution >= 0.6 is 8.58 Å². The van der Waals surface area contributed by atoms with E-state index in [4.69, 9.17) is 0 Å². The highest BCUT2D eigenvalue weighted by atomic mass is 31.1. The highest BCUT2D eigenvalue weighted by Gasteiger charge is 2.16. The van der Waals surface area contributed by atoms with Gasteiger partial charge in [-0.05, 0) is 59.3 Å². The molecule has 2 fully saturated rings. The molecule has 0 bridgehead atoms. The van der Waals surface area contributed by atoms with Gasteiger partial charge in [0.05, 0.1) is 0 Å². The molecule has 25 heavy (non-hydrogen) atoms. The number of hydrogen-bond acceptors (Lipinski definition) is 0. The monoisotopic (exact) mass is 350 g/mol. The van der Waals surface area contributed by atoms with Crippen LogP contribution in [0.15, 0.2) is 48.5 Å². The van der Waals surface area contributed by atoms with Crippen LogP contribution < -0.4 is 10.6 Å². The lowest BCUT2D eigenvalue weighted by molar-refractivity contribution is 0.443. The molecule has 0 nitrogen and oxygen atoms in total. The van der Waals surface area contributed by atoms with Crippen molar-refractivity contribution in [3.05, 3.63) is 59.7 Å². The zero-order chi connectivity index (χ0) is 16.9. The van der Waals surface area contributed by atoms with Crippen molar-refractivity contribution in [1.29, 1.82) is 0 Å². The van der Waals surface area contributed by atoms with Gasteiger partial charge in [-0.1, -0.05) is 95.6 Å². The first-order valence-electron chi connectivity index (χ1n) is 10.4. The van der Waals surface area contributed by atoms with Gasteiger partial charge in [0, 0.05) is 0 Å². The van der Waals surface area contributed by atoms with Crippen LogP contribution in [-0.4, -0.2) is 0 Å². The first-order valence-corrected chi connectivity index (χ1v) is 11.4. The lowest BCUT2D eigenvalue weighted by atomic mass is 9.84. The van der Waals surface area contributed by atoms with E-state index < -0.39 is 0 Å². The van der Waals surface area contributed by atoms with E-state index in [2.05, 4.69) is 48.5 Å². The van der Waals surface area contributed by atoms with Crippen molar-refractivity contribution < 1.29 is 0 Å². The lowest BCUT2D eigenvalue weighted by Crippen LogP contribution is -2.08. The summed E-state index contributed by atoms with van der Waals surface area (Å²) in [4.78, 5) is 0. The van der Waals surface area contributed by atoms with E-state index in [-0.39, 0.29) is 0 Å². The van der Waals surface area contributed by atoms with Crippen molar-refractivity contribution in [3.63, 3.8) is 0 Å². The summed E-state index contributed by atoms with van der Waals surface area (Å²) in [5.74, 6) is 1.64. The minimum atomic E-state index is 0.788. The molecule has 0 aromatic heterocycles. The van der Waals surface area contributed by atoms with Crippen molar-refractivity contribution in [1.82, 2.24) is 0 Å².